The molecule has 6 nitrogen and oxygen atoms in total. The maximum atomic E-state index is 13.4. The predicted octanol–water partition coefficient (Wildman–Crippen LogP) is 0.920. The summed E-state index contributed by atoms with van der Waals surface area (Å²) in [4.78, 5) is 31.7. The Kier molecular flexibility index (Phi) is 2.89. The van der Waals surface area contributed by atoms with Crippen LogP contribution in [0.4, 0.5) is 4.39 Å². The zero-order chi connectivity index (χ0) is 12.5. The van der Waals surface area contributed by atoms with E-state index < -0.39 is 40.4 Å². The summed E-state index contributed by atoms with van der Waals surface area (Å²) in [6, 6.07) is 1.44. The number of carboxylic acid groups (broad SMARTS) is 3. The van der Waals surface area contributed by atoms with Gasteiger partial charge in [0.15, 0.2) is 5.82 Å². The van der Waals surface area contributed by atoms with Gasteiger partial charge in [-0.2, -0.15) is 0 Å². The van der Waals surface area contributed by atoms with E-state index in [4.69, 9.17) is 15.3 Å². The van der Waals surface area contributed by atoms with Gasteiger partial charge in [0.25, 0.3) is 0 Å². The van der Waals surface area contributed by atoms with Crippen molar-refractivity contribution in [1.29, 1.82) is 0 Å². The minimum Gasteiger partial charge on any atom is -0.478 e. The summed E-state index contributed by atoms with van der Waals surface area (Å²) in [5.41, 5.74) is -2.84. The first-order chi connectivity index (χ1) is 7.36. The molecule has 3 N–H and O–H groups in total. The number of benzene rings is 1. The van der Waals surface area contributed by atoms with Crippen LogP contribution in [-0.2, 0) is 0 Å². The molecule has 1 rings (SSSR count). The number of carbonyl (C=O) groups is 3. The zero-order valence-corrected chi connectivity index (χ0v) is 7.60. The third-order valence-corrected chi connectivity index (χ3v) is 1.82. The fraction of sp³-hybridized carbons (Fsp3) is 0. The van der Waals surface area contributed by atoms with E-state index in [2.05, 4.69) is 0 Å². The lowest BCUT2D eigenvalue weighted by Gasteiger charge is -2.05. The number of hydrogen-bond donors (Lipinski definition) is 3. The second kappa shape index (κ2) is 3.97. The first kappa shape index (κ1) is 11.6. The van der Waals surface area contributed by atoms with Crippen LogP contribution in [0.5, 0.6) is 0 Å². The SMILES string of the molecule is O=C(O)c1ccc(C(=O)O)c(C(=O)O)c1F. The molecule has 0 atom stereocenters. The monoisotopic (exact) mass is 228 g/mol. The van der Waals surface area contributed by atoms with Crippen LogP contribution in [0.3, 0.4) is 0 Å². The quantitative estimate of drug-likeness (QED) is 0.709. The Labute approximate surface area is 87.6 Å². The highest BCUT2D eigenvalue weighted by Gasteiger charge is 2.25. The molecule has 0 amide bonds. The first-order valence-electron chi connectivity index (χ1n) is 3.88. The molecule has 0 bridgehead atoms. The minimum atomic E-state index is -1.84. The van der Waals surface area contributed by atoms with Crippen LogP contribution in [0.25, 0.3) is 0 Å². The molecule has 0 saturated heterocycles. The summed E-state index contributed by atoms with van der Waals surface area (Å²) >= 11 is 0. The highest BCUT2D eigenvalue weighted by Crippen LogP contribution is 2.18. The molecule has 7 heteroatoms. The number of halogens is 1. The summed E-state index contributed by atoms with van der Waals surface area (Å²) in [7, 11) is 0. The fourth-order valence-electron chi connectivity index (χ4n) is 1.13. The van der Waals surface area contributed by atoms with Gasteiger partial charge in [-0.1, -0.05) is 0 Å². The fourth-order valence-corrected chi connectivity index (χ4v) is 1.13. The third-order valence-electron chi connectivity index (χ3n) is 1.82. The Morgan fingerprint density at radius 1 is 0.875 bits per heavy atom. The molecule has 16 heavy (non-hydrogen) atoms. The van der Waals surface area contributed by atoms with Gasteiger partial charge in [-0.25, -0.2) is 18.8 Å². The van der Waals surface area contributed by atoms with Crippen molar-refractivity contribution >= 4 is 17.9 Å². The van der Waals surface area contributed by atoms with Gasteiger partial charge in [-0.15, -0.1) is 0 Å². The van der Waals surface area contributed by atoms with Gasteiger partial charge in [-0.05, 0) is 12.1 Å². The van der Waals surface area contributed by atoms with E-state index in [0.717, 1.165) is 6.07 Å². The first-order valence-corrected chi connectivity index (χ1v) is 3.88. The van der Waals surface area contributed by atoms with Crippen molar-refractivity contribution in [2.75, 3.05) is 0 Å². The topological polar surface area (TPSA) is 112 Å². The van der Waals surface area contributed by atoms with E-state index in [9.17, 15) is 18.8 Å². The molecule has 0 fully saturated rings. The summed E-state index contributed by atoms with van der Waals surface area (Å²) in [5, 5.41) is 25.7. The van der Waals surface area contributed by atoms with Crippen molar-refractivity contribution in [1.82, 2.24) is 0 Å². The highest BCUT2D eigenvalue weighted by atomic mass is 19.1. The third kappa shape index (κ3) is 1.83. The van der Waals surface area contributed by atoms with Gasteiger partial charge < -0.3 is 15.3 Å². The standard InChI is InChI=1S/C9H5FO6/c10-6-4(8(13)14)2-1-3(7(11)12)5(6)9(15)16/h1-2H,(H,11,12)(H,13,14)(H,15,16). The molecule has 0 aliphatic carbocycles. The van der Waals surface area contributed by atoms with E-state index in [1.807, 2.05) is 0 Å². The molecule has 0 unspecified atom stereocenters. The molecule has 0 aromatic heterocycles. The van der Waals surface area contributed by atoms with Crippen molar-refractivity contribution in [2.45, 2.75) is 0 Å². The van der Waals surface area contributed by atoms with Crippen LogP contribution in [0.15, 0.2) is 12.1 Å². The average Bonchev–Trinajstić information content (AvgIpc) is 2.15. The van der Waals surface area contributed by atoms with E-state index >= 15 is 0 Å². The van der Waals surface area contributed by atoms with Crippen molar-refractivity contribution < 1.29 is 34.1 Å². The van der Waals surface area contributed by atoms with E-state index in [-0.39, 0.29) is 0 Å². The van der Waals surface area contributed by atoms with E-state index in [1.54, 1.807) is 0 Å². The Morgan fingerprint density at radius 2 is 1.31 bits per heavy atom. The number of rotatable bonds is 3. The van der Waals surface area contributed by atoms with Crippen LogP contribution in [-0.4, -0.2) is 33.2 Å². The van der Waals surface area contributed by atoms with Crippen LogP contribution < -0.4 is 0 Å². The van der Waals surface area contributed by atoms with Gasteiger partial charge in [0.1, 0.15) is 5.56 Å². The smallest absolute Gasteiger partial charge is 0.339 e. The van der Waals surface area contributed by atoms with Gasteiger partial charge in [-0.3, -0.25) is 0 Å². The van der Waals surface area contributed by atoms with Crippen LogP contribution in [0, 0.1) is 5.82 Å². The van der Waals surface area contributed by atoms with E-state index in [0.29, 0.717) is 6.07 Å². The largest absolute Gasteiger partial charge is 0.478 e. The average molecular weight is 228 g/mol. The van der Waals surface area contributed by atoms with Crippen molar-refractivity contribution in [2.24, 2.45) is 0 Å². The zero-order valence-electron chi connectivity index (χ0n) is 7.60. The van der Waals surface area contributed by atoms with Crippen molar-refractivity contribution in [3.63, 3.8) is 0 Å². The summed E-state index contributed by atoms with van der Waals surface area (Å²) in [5.74, 6) is -6.72. The molecule has 1 aromatic rings. The Hall–Kier alpha value is -2.44. The molecule has 0 saturated carbocycles. The number of aromatic carboxylic acids is 3. The lowest BCUT2D eigenvalue weighted by molar-refractivity contribution is 0.0642. The molecule has 0 aliphatic rings. The van der Waals surface area contributed by atoms with Crippen molar-refractivity contribution in [3.8, 4) is 0 Å². The van der Waals surface area contributed by atoms with Crippen LogP contribution in [0.2, 0.25) is 0 Å². The number of hydrogen-bond acceptors (Lipinski definition) is 3. The van der Waals surface area contributed by atoms with Crippen molar-refractivity contribution in [3.05, 3.63) is 34.6 Å². The lowest BCUT2D eigenvalue weighted by atomic mass is 10.0. The summed E-state index contributed by atoms with van der Waals surface area (Å²) < 4.78 is 13.4. The Balaban J connectivity index is 3.60. The molecular weight excluding hydrogens is 223 g/mol. The van der Waals surface area contributed by atoms with Gasteiger partial charge in [0.05, 0.1) is 11.1 Å². The van der Waals surface area contributed by atoms with E-state index in [1.165, 1.54) is 0 Å². The van der Waals surface area contributed by atoms with Gasteiger partial charge in [0, 0.05) is 0 Å². The summed E-state index contributed by atoms with van der Waals surface area (Å²) in [6.45, 7) is 0. The van der Waals surface area contributed by atoms with Gasteiger partial charge in [0.2, 0.25) is 0 Å². The van der Waals surface area contributed by atoms with Crippen LogP contribution in [0.1, 0.15) is 31.1 Å². The Bertz CT molecular complexity index is 493. The molecular formula is C9H5FO6. The van der Waals surface area contributed by atoms with Crippen LogP contribution >= 0.6 is 0 Å². The predicted molar refractivity (Wildman–Crippen MR) is 47.3 cm³/mol. The second-order valence-corrected chi connectivity index (χ2v) is 2.77. The molecule has 0 heterocycles. The maximum Gasteiger partial charge on any atom is 0.339 e. The lowest BCUT2D eigenvalue weighted by Crippen LogP contribution is -2.14. The molecule has 0 aliphatic heterocycles. The summed E-state index contributed by atoms with van der Waals surface area (Å²) in [6.07, 6.45) is 0. The number of carboxylic acids is 3. The normalized spacial score (nSPS) is 9.81. The Morgan fingerprint density at radius 3 is 1.69 bits per heavy atom. The van der Waals surface area contributed by atoms with Gasteiger partial charge >= 0.3 is 17.9 Å². The molecule has 0 radical (unpaired) electrons. The molecule has 84 valence electrons. The molecule has 1 aromatic carbocycles. The second-order valence-electron chi connectivity index (χ2n) is 2.77. The maximum absolute atomic E-state index is 13.4. The highest BCUT2D eigenvalue weighted by molar-refractivity contribution is 6.04. The molecule has 0 spiro atoms. The minimum absolute atomic E-state index is 0.702.